The zero-order valence-electron chi connectivity index (χ0n) is 12.3. The standard InChI is InChI=1S/C15H19BrN2O2/c1-9-10(2)14(19-4)13(11(3)12(9)16)18-6-15(5-17)7-20-8-15/h18H,6-8H2,1-4H3. The van der Waals surface area contributed by atoms with Crippen LogP contribution in [0.15, 0.2) is 4.47 Å². The monoisotopic (exact) mass is 338 g/mol. The molecule has 20 heavy (non-hydrogen) atoms. The fourth-order valence-corrected chi connectivity index (χ4v) is 2.86. The molecule has 0 amide bonds. The van der Waals surface area contributed by atoms with E-state index >= 15 is 0 Å². The van der Waals surface area contributed by atoms with E-state index in [1.807, 2.05) is 13.8 Å². The van der Waals surface area contributed by atoms with E-state index in [-0.39, 0.29) is 0 Å². The second-order valence-corrected chi connectivity index (χ2v) is 6.13. The van der Waals surface area contributed by atoms with Gasteiger partial charge in [0.1, 0.15) is 11.2 Å². The van der Waals surface area contributed by atoms with Gasteiger partial charge in [-0.05, 0) is 37.5 Å². The minimum Gasteiger partial charge on any atom is -0.494 e. The number of ether oxygens (including phenoxy) is 2. The highest BCUT2D eigenvalue weighted by atomic mass is 79.9. The Morgan fingerprint density at radius 3 is 2.40 bits per heavy atom. The molecule has 0 bridgehead atoms. The average Bonchev–Trinajstić information content (AvgIpc) is 2.41. The Hall–Kier alpha value is -1.25. The SMILES string of the molecule is COc1c(C)c(C)c(Br)c(C)c1NCC1(C#N)COC1. The maximum Gasteiger partial charge on any atom is 0.145 e. The largest absolute Gasteiger partial charge is 0.494 e. The minimum absolute atomic E-state index is 0.414. The first kappa shape index (κ1) is 15.1. The Morgan fingerprint density at radius 2 is 1.95 bits per heavy atom. The summed E-state index contributed by atoms with van der Waals surface area (Å²) >= 11 is 3.63. The fraction of sp³-hybridized carbons (Fsp3) is 0.533. The van der Waals surface area contributed by atoms with E-state index in [0.717, 1.165) is 27.0 Å². The van der Waals surface area contributed by atoms with Gasteiger partial charge in [0.15, 0.2) is 0 Å². The zero-order chi connectivity index (χ0) is 14.9. The van der Waals surface area contributed by atoms with Crippen LogP contribution in [-0.2, 0) is 4.74 Å². The van der Waals surface area contributed by atoms with Gasteiger partial charge >= 0.3 is 0 Å². The number of nitriles is 1. The summed E-state index contributed by atoms with van der Waals surface area (Å²) < 4.78 is 11.8. The third-order valence-corrected chi connectivity index (χ3v) is 5.15. The molecule has 1 aliphatic heterocycles. The summed E-state index contributed by atoms with van der Waals surface area (Å²) in [7, 11) is 1.67. The van der Waals surface area contributed by atoms with Crippen molar-refractivity contribution in [2.24, 2.45) is 5.41 Å². The zero-order valence-corrected chi connectivity index (χ0v) is 13.8. The Kier molecular flexibility index (Phi) is 4.26. The lowest BCUT2D eigenvalue weighted by atomic mass is 9.87. The van der Waals surface area contributed by atoms with Crippen LogP contribution in [0.1, 0.15) is 16.7 Å². The number of halogens is 1. The summed E-state index contributed by atoms with van der Waals surface area (Å²) in [6.45, 7) is 7.69. The molecule has 1 heterocycles. The molecule has 0 spiro atoms. The Labute approximate surface area is 128 Å². The second-order valence-electron chi connectivity index (χ2n) is 5.34. The molecule has 2 rings (SSSR count). The maximum atomic E-state index is 9.25. The first-order chi connectivity index (χ1) is 9.45. The summed E-state index contributed by atoms with van der Waals surface area (Å²) in [4.78, 5) is 0. The highest BCUT2D eigenvalue weighted by Crippen LogP contribution is 2.40. The van der Waals surface area contributed by atoms with Gasteiger partial charge in [-0.2, -0.15) is 5.26 Å². The van der Waals surface area contributed by atoms with E-state index in [0.29, 0.717) is 19.8 Å². The average molecular weight is 339 g/mol. The van der Waals surface area contributed by atoms with Crippen LogP contribution in [0.25, 0.3) is 0 Å². The minimum atomic E-state index is -0.414. The molecule has 5 heteroatoms. The molecular formula is C15H19BrN2O2. The van der Waals surface area contributed by atoms with Gasteiger partial charge < -0.3 is 14.8 Å². The quantitative estimate of drug-likeness (QED) is 0.914. The van der Waals surface area contributed by atoms with Crippen LogP contribution in [0.5, 0.6) is 5.75 Å². The summed E-state index contributed by atoms with van der Waals surface area (Å²) in [5.74, 6) is 0.844. The Bertz CT molecular complexity index is 574. The van der Waals surface area contributed by atoms with Crippen molar-refractivity contribution in [3.8, 4) is 11.8 Å². The number of methoxy groups -OCH3 is 1. The summed E-state index contributed by atoms with van der Waals surface area (Å²) in [5, 5.41) is 12.6. The predicted molar refractivity (Wildman–Crippen MR) is 82.3 cm³/mol. The molecule has 0 radical (unpaired) electrons. The van der Waals surface area contributed by atoms with E-state index in [2.05, 4.69) is 34.2 Å². The third kappa shape index (κ3) is 2.38. The van der Waals surface area contributed by atoms with Crippen LogP contribution in [0, 0.1) is 37.5 Å². The van der Waals surface area contributed by atoms with Crippen LogP contribution in [0.2, 0.25) is 0 Å². The van der Waals surface area contributed by atoms with Gasteiger partial charge in [-0.1, -0.05) is 15.9 Å². The van der Waals surface area contributed by atoms with Crippen LogP contribution >= 0.6 is 15.9 Å². The Balaban J connectivity index is 2.34. The smallest absolute Gasteiger partial charge is 0.145 e. The van der Waals surface area contributed by atoms with E-state index in [4.69, 9.17) is 9.47 Å². The predicted octanol–water partition coefficient (Wildman–Crippen LogP) is 3.34. The molecule has 108 valence electrons. The first-order valence-electron chi connectivity index (χ1n) is 6.52. The van der Waals surface area contributed by atoms with E-state index < -0.39 is 5.41 Å². The van der Waals surface area contributed by atoms with Crippen molar-refractivity contribution in [2.75, 3.05) is 32.2 Å². The lowest BCUT2D eigenvalue weighted by Crippen LogP contribution is -2.46. The van der Waals surface area contributed by atoms with Gasteiger partial charge in [-0.25, -0.2) is 0 Å². The molecule has 0 saturated carbocycles. The molecule has 1 saturated heterocycles. The van der Waals surface area contributed by atoms with Crippen LogP contribution in [0.3, 0.4) is 0 Å². The number of rotatable bonds is 4. The molecule has 4 nitrogen and oxygen atoms in total. The van der Waals surface area contributed by atoms with Gasteiger partial charge in [0.05, 0.1) is 32.1 Å². The van der Waals surface area contributed by atoms with Gasteiger partial charge in [0, 0.05) is 11.0 Å². The van der Waals surface area contributed by atoms with Crippen molar-refractivity contribution in [1.82, 2.24) is 0 Å². The van der Waals surface area contributed by atoms with Crippen molar-refractivity contribution in [1.29, 1.82) is 5.26 Å². The van der Waals surface area contributed by atoms with Crippen molar-refractivity contribution in [3.05, 3.63) is 21.2 Å². The molecule has 1 aromatic carbocycles. The number of hydrogen-bond donors (Lipinski definition) is 1. The molecule has 1 N–H and O–H groups in total. The topological polar surface area (TPSA) is 54.3 Å². The number of anilines is 1. The highest BCUT2D eigenvalue weighted by Gasteiger charge is 2.39. The molecule has 1 fully saturated rings. The van der Waals surface area contributed by atoms with Gasteiger partial charge in [-0.3, -0.25) is 0 Å². The molecule has 0 aromatic heterocycles. The van der Waals surface area contributed by atoms with E-state index in [9.17, 15) is 5.26 Å². The van der Waals surface area contributed by atoms with Crippen molar-refractivity contribution in [3.63, 3.8) is 0 Å². The molecule has 1 aliphatic rings. The molecular weight excluding hydrogens is 320 g/mol. The fourth-order valence-electron chi connectivity index (χ4n) is 2.36. The van der Waals surface area contributed by atoms with Gasteiger partial charge in [0.25, 0.3) is 0 Å². The lowest BCUT2D eigenvalue weighted by molar-refractivity contribution is -0.0690. The Morgan fingerprint density at radius 1 is 1.30 bits per heavy atom. The van der Waals surface area contributed by atoms with Crippen molar-refractivity contribution < 1.29 is 9.47 Å². The maximum absolute atomic E-state index is 9.25. The molecule has 0 atom stereocenters. The van der Waals surface area contributed by atoms with Crippen molar-refractivity contribution in [2.45, 2.75) is 20.8 Å². The third-order valence-electron chi connectivity index (χ3n) is 3.97. The summed E-state index contributed by atoms with van der Waals surface area (Å²) in [5.41, 5.74) is 3.90. The molecule has 0 aliphatic carbocycles. The van der Waals surface area contributed by atoms with Gasteiger partial charge in [-0.15, -0.1) is 0 Å². The number of hydrogen-bond acceptors (Lipinski definition) is 4. The normalized spacial score (nSPS) is 16.2. The highest BCUT2D eigenvalue weighted by molar-refractivity contribution is 9.10. The van der Waals surface area contributed by atoms with Crippen LogP contribution in [-0.4, -0.2) is 26.9 Å². The molecule has 1 aromatic rings. The number of benzene rings is 1. The van der Waals surface area contributed by atoms with Crippen molar-refractivity contribution >= 4 is 21.6 Å². The van der Waals surface area contributed by atoms with E-state index in [1.54, 1.807) is 7.11 Å². The lowest BCUT2D eigenvalue weighted by Gasteiger charge is -2.35. The number of nitrogens with zero attached hydrogens (tertiary/aromatic N) is 1. The molecule has 0 unspecified atom stereocenters. The van der Waals surface area contributed by atoms with Crippen LogP contribution in [0.4, 0.5) is 5.69 Å². The first-order valence-corrected chi connectivity index (χ1v) is 7.31. The summed E-state index contributed by atoms with van der Waals surface area (Å²) in [6, 6.07) is 2.34. The second kappa shape index (κ2) is 5.63. The van der Waals surface area contributed by atoms with Crippen LogP contribution < -0.4 is 10.1 Å². The van der Waals surface area contributed by atoms with Gasteiger partial charge in [0.2, 0.25) is 0 Å². The van der Waals surface area contributed by atoms with E-state index in [1.165, 1.54) is 5.56 Å². The summed E-state index contributed by atoms with van der Waals surface area (Å²) in [6.07, 6.45) is 0. The number of nitrogens with one attached hydrogen (secondary N) is 1.